The van der Waals surface area contributed by atoms with Gasteiger partial charge in [-0.15, -0.1) is 0 Å². The van der Waals surface area contributed by atoms with Crippen molar-refractivity contribution in [1.29, 1.82) is 0 Å². The van der Waals surface area contributed by atoms with Crippen molar-refractivity contribution in [3.8, 4) is 66.8 Å². The van der Waals surface area contributed by atoms with Gasteiger partial charge in [0.2, 0.25) is 0 Å². The Morgan fingerprint density at radius 1 is 0.224 bits per heavy atom. The molecule has 0 heterocycles. The zero-order valence-corrected chi connectivity index (χ0v) is 41.9. The van der Waals surface area contributed by atoms with Gasteiger partial charge >= 0.3 is 0 Å². The van der Waals surface area contributed by atoms with Crippen LogP contribution in [-0.2, 0) is 5.41 Å². The van der Waals surface area contributed by atoms with Gasteiger partial charge in [0.05, 0.1) is 11.1 Å². The van der Waals surface area contributed by atoms with Crippen molar-refractivity contribution >= 4 is 38.6 Å². The van der Waals surface area contributed by atoms with Crippen LogP contribution in [0, 0.1) is 0 Å². The third-order valence-electron chi connectivity index (χ3n) is 15.7. The molecule has 1 nitrogen and oxygen atoms in total. The van der Waals surface area contributed by atoms with Gasteiger partial charge in [0, 0.05) is 16.9 Å². The molecule has 1 aliphatic rings. The molecule has 0 aromatic heterocycles. The van der Waals surface area contributed by atoms with Crippen molar-refractivity contribution in [3.05, 3.63) is 332 Å². The van der Waals surface area contributed by atoms with Crippen LogP contribution in [0.2, 0.25) is 0 Å². The first-order valence-electron chi connectivity index (χ1n) is 26.3. The summed E-state index contributed by atoms with van der Waals surface area (Å²) in [6.07, 6.45) is 0. The SMILES string of the molecule is c1ccc(-c2cc(-c3ccccc3)cc(N(c3ccc4c(c3)C(c3ccccc3)(c3ccccc3)c3ccccc3-4)c3ccccc3-c3ccc4c(c3)c(-c3ccccc3)c(-c3ccccc3)c3ccccc34)c2)cc1. The van der Waals surface area contributed by atoms with Gasteiger partial charge in [0.1, 0.15) is 0 Å². The Bertz CT molecular complexity index is 4150. The summed E-state index contributed by atoms with van der Waals surface area (Å²) >= 11 is 0. The molecular weight excluding hydrogens is 915 g/mol. The summed E-state index contributed by atoms with van der Waals surface area (Å²) in [5, 5.41) is 4.92. The summed E-state index contributed by atoms with van der Waals surface area (Å²) in [4.78, 5) is 2.52. The van der Waals surface area contributed by atoms with E-state index in [2.05, 4.69) is 314 Å². The van der Waals surface area contributed by atoms with Crippen LogP contribution in [0.4, 0.5) is 17.1 Å². The molecule has 0 fully saturated rings. The summed E-state index contributed by atoms with van der Waals surface area (Å²) in [5.41, 5.74) is 21.9. The fraction of sp³-hybridized carbons (Fsp3) is 0.0133. The van der Waals surface area contributed by atoms with E-state index in [1.165, 1.54) is 77.2 Å². The van der Waals surface area contributed by atoms with E-state index < -0.39 is 5.41 Å². The molecule has 0 amide bonds. The van der Waals surface area contributed by atoms with Crippen LogP contribution in [0.5, 0.6) is 0 Å². The minimum atomic E-state index is -0.581. The Labute approximate surface area is 444 Å². The van der Waals surface area contributed by atoms with Crippen molar-refractivity contribution < 1.29 is 0 Å². The summed E-state index contributed by atoms with van der Waals surface area (Å²) in [7, 11) is 0. The maximum absolute atomic E-state index is 2.52. The predicted octanol–water partition coefficient (Wildman–Crippen LogP) is 20.2. The Morgan fingerprint density at radius 3 is 1.26 bits per heavy atom. The lowest BCUT2D eigenvalue weighted by Crippen LogP contribution is -2.28. The van der Waals surface area contributed by atoms with Gasteiger partial charge < -0.3 is 4.90 Å². The molecule has 0 radical (unpaired) electrons. The first kappa shape index (κ1) is 44.8. The molecule has 13 aromatic carbocycles. The van der Waals surface area contributed by atoms with Crippen LogP contribution in [0.3, 0.4) is 0 Å². The minimum absolute atomic E-state index is 0.581. The average Bonchev–Trinajstić information content (AvgIpc) is 3.88. The second kappa shape index (κ2) is 18.9. The average molecular weight is 966 g/mol. The van der Waals surface area contributed by atoms with Crippen molar-refractivity contribution in [2.75, 3.05) is 4.90 Å². The molecule has 13 aromatic rings. The number of rotatable bonds is 10. The molecule has 76 heavy (non-hydrogen) atoms. The Kier molecular flexibility index (Phi) is 11.2. The maximum Gasteiger partial charge on any atom is 0.0714 e. The normalized spacial score (nSPS) is 12.3. The number of hydrogen-bond donors (Lipinski definition) is 0. The molecule has 0 bridgehead atoms. The third kappa shape index (κ3) is 7.47. The van der Waals surface area contributed by atoms with E-state index in [1.54, 1.807) is 0 Å². The monoisotopic (exact) mass is 965 g/mol. The van der Waals surface area contributed by atoms with E-state index >= 15 is 0 Å². The fourth-order valence-electron chi connectivity index (χ4n) is 12.4. The summed E-state index contributed by atoms with van der Waals surface area (Å²) < 4.78 is 0. The van der Waals surface area contributed by atoms with Crippen LogP contribution in [0.25, 0.3) is 88.3 Å². The zero-order valence-electron chi connectivity index (χ0n) is 41.9. The van der Waals surface area contributed by atoms with E-state index in [0.717, 1.165) is 50.4 Å². The van der Waals surface area contributed by atoms with Crippen molar-refractivity contribution in [2.45, 2.75) is 5.41 Å². The number of nitrogens with zero attached hydrogens (tertiary/aromatic N) is 1. The number of anilines is 3. The lowest BCUT2D eigenvalue weighted by molar-refractivity contribution is 0.768. The lowest BCUT2D eigenvalue weighted by atomic mass is 9.67. The van der Waals surface area contributed by atoms with Gasteiger partial charge in [-0.3, -0.25) is 0 Å². The molecule has 1 heteroatoms. The second-order valence-corrected chi connectivity index (χ2v) is 19.9. The molecule has 0 spiro atoms. The molecule has 0 atom stereocenters. The number of hydrogen-bond acceptors (Lipinski definition) is 1. The van der Waals surface area contributed by atoms with E-state index in [4.69, 9.17) is 0 Å². The smallest absolute Gasteiger partial charge is 0.0714 e. The van der Waals surface area contributed by atoms with E-state index in [1.807, 2.05) is 0 Å². The van der Waals surface area contributed by atoms with E-state index in [0.29, 0.717) is 0 Å². The Balaban J connectivity index is 1.07. The van der Waals surface area contributed by atoms with Crippen molar-refractivity contribution in [3.63, 3.8) is 0 Å². The molecule has 0 unspecified atom stereocenters. The highest BCUT2D eigenvalue weighted by Gasteiger charge is 2.46. The Morgan fingerprint density at radius 2 is 0.671 bits per heavy atom. The van der Waals surface area contributed by atoms with E-state index in [-0.39, 0.29) is 0 Å². The third-order valence-corrected chi connectivity index (χ3v) is 15.7. The van der Waals surface area contributed by atoms with Gasteiger partial charge in [-0.25, -0.2) is 0 Å². The fourth-order valence-corrected chi connectivity index (χ4v) is 12.4. The molecule has 0 N–H and O–H groups in total. The van der Waals surface area contributed by atoms with Gasteiger partial charge in [0.15, 0.2) is 0 Å². The van der Waals surface area contributed by atoms with Crippen LogP contribution >= 0.6 is 0 Å². The molecule has 356 valence electrons. The number of benzene rings is 13. The zero-order chi connectivity index (χ0) is 50.4. The van der Waals surface area contributed by atoms with Crippen LogP contribution < -0.4 is 4.90 Å². The number of fused-ring (bicyclic) bond motifs is 6. The summed E-state index contributed by atoms with van der Waals surface area (Å²) in [6, 6.07) is 114. The largest absolute Gasteiger partial charge is 0.310 e. The molecule has 1 aliphatic carbocycles. The van der Waals surface area contributed by atoms with Crippen LogP contribution in [-0.4, -0.2) is 0 Å². The van der Waals surface area contributed by atoms with Crippen molar-refractivity contribution in [1.82, 2.24) is 0 Å². The molecular formula is C75H51N. The number of para-hydroxylation sites is 1. The quantitative estimate of drug-likeness (QED) is 0.123. The minimum Gasteiger partial charge on any atom is -0.310 e. The molecule has 0 aliphatic heterocycles. The van der Waals surface area contributed by atoms with Crippen molar-refractivity contribution in [2.24, 2.45) is 0 Å². The highest BCUT2D eigenvalue weighted by atomic mass is 15.1. The summed E-state index contributed by atoms with van der Waals surface area (Å²) in [5.74, 6) is 0. The second-order valence-electron chi connectivity index (χ2n) is 19.9. The first-order chi connectivity index (χ1) is 37.7. The van der Waals surface area contributed by atoms with E-state index in [9.17, 15) is 0 Å². The van der Waals surface area contributed by atoms with Gasteiger partial charge in [-0.1, -0.05) is 267 Å². The first-order valence-corrected chi connectivity index (χ1v) is 26.3. The molecule has 0 saturated heterocycles. The van der Waals surface area contributed by atoms with Gasteiger partial charge in [0.25, 0.3) is 0 Å². The molecule has 0 saturated carbocycles. The maximum atomic E-state index is 2.52. The van der Waals surface area contributed by atoms with Crippen LogP contribution in [0.1, 0.15) is 22.3 Å². The highest BCUT2D eigenvalue weighted by molar-refractivity contribution is 6.22. The Hall–Kier alpha value is -9.82. The van der Waals surface area contributed by atoms with Gasteiger partial charge in [-0.2, -0.15) is 0 Å². The summed E-state index contributed by atoms with van der Waals surface area (Å²) in [6.45, 7) is 0. The lowest BCUT2D eigenvalue weighted by Gasteiger charge is -2.35. The predicted molar refractivity (Wildman–Crippen MR) is 321 cm³/mol. The standard InChI is InChI=1S/C75H51N/c1-7-25-52(26-8-1)57-47-58(53-27-9-2-10-28-53)49-62(48-57)76(61-44-46-67-66-39-21-23-41-70(66)75(71(67)51-61,59-33-15-5-16-34-59)60-35-17-6-18-36-60)72-42-24-22-37-63(72)56-43-45-65-64-38-19-20-40-68(64)73(54-29-11-3-12-30-54)74(69(65)50-56)55-31-13-4-14-32-55/h1-51H. The van der Waals surface area contributed by atoms with Gasteiger partial charge in [-0.05, 0) is 147 Å². The topological polar surface area (TPSA) is 3.24 Å². The molecule has 14 rings (SSSR count). The highest BCUT2D eigenvalue weighted by Crippen LogP contribution is 2.58. The van der Waals surface area contributed by atoms with Crippen LogP contribution in [0.15, 0.2) is 309 Å².